The Balaban J connectivity index is 0.00000784. The second-order valence-corrected chi connectivity index (χ2v) is 6.78. The Morgan fingerprint density at radius 1 is 1.31 bits per heavy atom. The van der Waals surface area contributed by atoms with Gasteiger partial charge in [-0.1, -0.05) is 19.1 Å². The second kappa shape index (κ2) is 12.8. The summed E-state index contributed by atoms with van der Waals surface area (Å²) in [6.07, 6.45) is -3.57. The van der Waals surface area contributed by atoms with E-state index >= 15 is 0 Å². The predicted molar refractivity (Wildman–Crippen MR) is 119 cm³/mol. The number of halogens is 4. The number of ether oxygens (including phenoxy) is 1. The Bertz CT molecular complexity index is 682. The van der Waals surface area contributed by atoms with Gasteiger partial charge in [0.05, 0.1) is 13.1 Å². The van der Waals surface area contributed by atoms with Crippen LogP contribution < -0.4 is 15.4 Å². The second-order valence-electron chi connectivity index (χ2n) is 6.78. The van der Waals surface area contributed by atoms with Crippen molar-refractivity contribution in [2.24, 2.45) is 4.99 Å². The predicted octanol–water partition coefficient (Wildman–Crippen LogP) is 3.48. The lowest BCUT2D eigenvalue weighted by atomic mass is 10.1. The van der Waals surface area contributed by atoms with Gasteiger partial charge in [0.25, 0.3) is 0 Å². The molecule has 2 N–H and O–H groups in total. The van der Waals surface area contributed by atoms with E-state index in [2.05, 4.69) is 15.6 Å². The molecule has 166 valence electrons. The van der Waals surface area contributed by atoms with E-state index in [0.29, 0.717) is 11.5 Å². The van der Waals surface area contributed by atoms with Crippen LogP contribution in [0.3, 0.4) is 0 Å². The summed E-state index contributed by atoms with van der Waals surface area (Å²) < 4.78 is 42.5. The standard InChI is InChI=1S/C19H29F3N4O2.HI/c1-6-14(3)25-18(24-11-17(27)26(4)5)23-10-15-8-7-13(2)9-16(15)28-12-19(20,21)22;/h7-9,14H,6,10-12H2,1-5H3,(H2,23,24,25);1H. The molecule has 0 bridgehead atoms. The summed E-state index contributed by atoms with van der Waals surface area (Å²) in [7, 11) is 3.30. The third-order valence-electron chi connectivity index (χ3n) is 3.92. The molecule has 0 radical (unpaired) electrons. The number of amides is 1. The van der Waals surface area contributed by atoms with Gasteiger partial charge in [-0.25, -0.2) is 4.99 Å². The van der Waals surface area contributed by atoms with Gasteiger partial charge in [-0.3, -0.25) is 4.79 Å². The fourth-order valence-corrected chi connectivity index (χ4v) is 2.06. The first-order valence-corrected chi connectivity index (χ1v) is 9.06. The first-order valence-electron chi connectivity index (χ1n) is 9.06. The highest BCUT2D eigenvalue weighted by Crippen LogP contribution is 2.24. The van der Waals surface area contributed by atoms with E-state index < -0.39 is 12.8 Å². The summed E-state index contributed by atoms with van der Waals surface area (Å²) in [5, 5.41) is 6.12. The van der Waals surface area contributed by atoms with Crippen molar-refractivity contribution in [2.75, 3.05) is 27.2 Å². The van der Waals surface area contributed by atoms with Gasteiger partial charge in [-0.05, 0) is 31.9 Å². The zero-order valence-corrected chi connectivity index (χ0v) is 19.7. The number of nitrogens with zero attached hydrogens (tertiary/aromatic N) is 2. The molecule has 0 aliphatic rings. The Labute approximate surface area is 187 Å². The average molecular weight is 530 g/mol. The lowest BCUT2D eigenvalue weighted by molar-refractivity contribution is -0.153. The molecule has 0 aliphatic carbocycles. The van der Waals surface area contributed by atoms with Gasteiger partial charge in [0, 0.05) is 25.7 Å². The Kier molecular flexibility index (Phi) is 12.0. The van der Waals surface area contributed by atoms with Crippen LogP contribution in [0.25, 0.3) is 0 Å². The minimum Gasteiger partial charge on any atom is -0.484 e. The summed E-state index contributed by atoms with van der Waals surface area (Å²) >= 11 is 0. The molecule has 0 saturated carbocycles. The first kappa shape index (κ1) is 27.3. The van der Waals surface area contributed by atoms with Crippen molar-refractivity contribution in [3.05, 3.63) is 29.3 Å². The van der Waals surface area contributed by atoms with Crippen LogP contribution in [-0.4, -0.2) is 56.2 Å². The number of carbonyl (C=O) groups excluding carboxylic acids is 1. The summed E-state index contributed by atoms with van der Waals surface area (Å²) in [4.78, 5) is 17.7. The third-order valence-corrected chi connectivity index (χ3v) is 3.92. The number of aryl methyl sites for hydroxylation is 1. The normalized spacial score (nSPS) is 12.6. The van der Waals surface area contributed by atoms with Gasteiger partial charge >= 0.3 is 6.18 Å². The molecule has 1 aromatic carbocycles. The topological polar surface area (TPSA) is 66.0 Å². The van der Waals surface area contributed by atoms with E-state index in [4.69, 9.17) is 4.74 Å². The molecule has 6 nitrogen and oxygen atoms in total. The number of alkyl halides is 3. The molecule has 0 aliphatic heterocycles. The van der Waals surface area contributed by atoms with Crippen LogP contribution in [-0.2, 0) is 11.3 Å². The minimum atomic E-state index is -4.42. The molecular weight excluding hydrogens is 500 g/mol. The van der Waals surface area contributed by atoms with E-state index in [1.807, 2.05) is 13.8 Å². The molecule has 0 fully saturated rings. The highest BCUT2D eigenvalue weighted by atomic mass is 127. The molecule has 10 heteroatoms. The SMILES string of the molecule is CCC(C)NC(=NCc1ccc(C)cc1OCC(F)(F)F)NCC(=O)N(C)C.I. The van der Waals surface area contributed by atoms with Gasteiger partial charge in [-0.2, -0.15) is 13.2 Å². The highest BCUT2D eigenvalue weighted by molar-refractivity contribution is 14.0. The maximum absolute atomic E-state index is 12.5. The number of aliphatic imine (C=N–C) groups is 1. The van der Waals surface area contributed by atoms with E-state index in [-0.39, 0.29) is 54.8 Å². The van der Waals surface area contributed by atoms with Crippen molar-refractivity contribution >= 4 is 35.8 Å². The molecule has 29 heavy (non-hydrogen) atoms. The molecule has 0 aromatic heterocycles. The van der Waals surface area contributed by atoms with E-state index in [1.54, 1.807) is 39.2 Å². The fourth-order valence-electron chi connectivity index (χ4n) is 2.06. The third kappa shape index (κ3) is 11.1. The van der Waals surface area contributed by atoms with Crippen LogP contribution >= 0.6 is 24.0 Å². The largest absolute Gasteiger partial charge is 0.484 e. The van der Waals surface area contributed by atoms with Crippen LogP contribution in [0, 0.1) is 6.92 Å². The number of hydrogen-bond donors (Lipinski definition) is 2. The van der Waals surface area contributed by atoms with Crippen LogP contribution in [0.5, 0.6) is 5.75 Å². The van der Waals surface area contributed by atoms with Crippen LogP contribution in [0.15, 0.2) is 23.2 Å². The average Bonchev–Trinajstić information content (AvgIpc) is 2.61. The first-order chi connectivity index (χ1) is 13.0. The molecule has 1 aromatic rings. The summed E-state index contributed by atoms with van der Waals surface area (Å²) in [6, 6.07) is 5.15. The van der Waals surface area contributed by atoms with Crippen molar-refractivity contribution in [1.29, 1.82) is 0 Å². The molecule has 1 atom stereocenters. The van der Waals surface area contributed by atoms with Crippen molar-refractivity contribution in [1.82, 2.24) is 15.5 Å². The number of likely N-dealkylation sites (N-methyl/N-ethyl adjacent to an activating group) is 1. The quantitative estimate of drug-likeness (QED) is 0.307. The summed E-state index contributed by atoms with van der Waals surface area (Å²) in [5.74, 6) is 0.434. The van der Waals surface area contributed by atoms with E-state index in [0.717, 1.165) is 12.0 Å². The summed E-state index contributed by atoms with van der Waals surface area (Å²) in [5.41, 5.74) is 1.32. The molecule has 0 saturated heterocycles. The van der Waals surface area contributed by atoms with Crippen molar-refractivity contribution in [3.63, 3.8) is 0 Å². The monoisotopic (exact) mass is 530 g/mol. The molecule has 1 rings (SSSR count). The van der Waals surface area contributed by atoms with E-state index in [9.17, 15) is 18.0 Å². The number of guanidine groups is 1. The zero-order chi connectivity index (χ0) is 21.3. The van der Waals surface area contributed by atoms with Gasteiger partial charge in [0.15, 0.2) is 12.6 Å². The maximum Gasteiger partial charge on any atom is 0.422 e. The highest BCUT2D eigenvalue weighted by Gasteiger charge is 2.28. The molecular formula is C19H30F3IN4O2. The van der Waals surface area contributed by atoms with E-state index in [1.165, 1.54) is 4.90 Å². The van der Waals surface area contributed by atoms with Gasteiger partial charge in [0.1, 0.15) is 5.75 Å². The zero-order valence-electron chi connectivity index (χ0n) is 17.4. The Morgan fingerprint density at radius 2 is 1.97 bits per heavy atom. The lowest BCUT2D eigenvalue weighted by Crippen LogP contribution is -2.45. The van der Waals surface area contributed by atoms with Crippen molar-refractivity contribution < 1.29 is 22.7 Å². The fraction of sp³-hybridized carbons (Fsp3) is 0.579. The van der Waals surface area contributed by atoms with Gasteiger partial charge in [-0.15, -0.1) is 24.0 Å². The van der Waals surface area contributed by atoms with Crippen molar-refractivity contribution in [2.45, 2.75) is 46.0 Å². The van der Waals surface area contributed by atoms with Crippen LogP contribution in [0.4, 0.5) is 13.2 Å². The molecule has 0 heterocycles. The number of rotatable bonds is 8. The number of carbonyl (C=O) groups is 1. The number of benzene rings is 1. The summed E-state index contributed by atoms with van der Waals surface area (Å²) in [6.45, 7) is 4.55. The van der Waals surface area contributed by atoms with Crippen LogP contribution in [0.2, 0.25) is 0 Å². The van der Waals surface area contributed by atoms with Crippen LogP contribution in [0.1, 0.15) is 31.4 Å². The molecule has 1 amide bonds. The van der Waals surface area contributed by atoms with Gasteiger partial charge in [0.2, 0.25) is 5.91 Å². The maximum atomic E-state index is 12.5. The lowest BCUT2D eigenvalue weighted by Gasteiger charge is -2.18. The number of hydrogen-bond acceptors (Lipinski definition) is 3. The molecule has 0 spiro atoms. The Hall–Kier alpha value is -1.72. The number of nitrogens with one attached hydrogen (secondary N) is 2. The molecule has 1 unspecified atom stereocenters. The smallest absolute Gasteiger partial charge is 0.422 e. The minimum absolute atomic E-state index is 0. The van der Waals surface area contributed by atoms with Gasteiger partial charge < -0.3 is 20.3 Å². The Morgan fingerprint density at radius 3 is 2.52 bits per heavy atom. The van der Waals surface area contributed by atoms with Crippen molar-refractivity contribution in [3.8, 4) is 5.75 Å².